The van der Waals surface area contributed by atoms with Crippen LogP contribution in [0, 0.1) is 6.92 Å². The molecule has 0 aliphatic carbocycles. The Kier molecular flexibility index (Phi) is 3.96. The highest BCUT2D eigenvalue weighted by atomic mass is 35.5. The molecule has 0 aromatic heterocycles. The molecule has 2 aromatic rings. The highest BCUT2D eigenvalue weighted by molar-refractivity contribution is 6.32. The highest BCUT2D eigenvalue weighted by Gasteiger charge is 2.20. The minimum atomic E-state index is -0.0165. The molecular weight excluding hydrogens is 270 g/mol. The Labute approximate surface area is 125 Å². The zero-order chi connectivity index (χ0) is 14.9. The van der Waals surface area contributed by atoms with Crippen molar-refractivity contribution in [2.45, 2.75) is 33.1 Å². The Morgan fingerprint density at radius 3 is 2.40 bits per heavy atom. The van der Waals surface area contributed by atoms with Gasteiger partial charge in [0.25, 0.3) is 0 Å². The molecule has 0 aliphatic rings. The molecule has 2 nitrogen and oxygen atoms in total. The predicted octanol–water partition coefficient (Wildman–Crippen LogP) is 5.32. The number of ether oxygens (including phenoxy) is 1. The first-order valence-electron chi connectivity index (χ1n) is 6.62. The van der Waals surface area contributed by atoms with Crippen molar-refractivity contribution in [1.82, 2.24) is 0 Å². The van der Waals surface area contributed by atoms with Gasteiger partial charge < -0.3 is 10.5 Å². The van der Waals surface area contributed by atoms with E-state index in [0.29, 0.717) is 16.5 Å². The summed E-state index contributed by atoms with van der Waals surface area (Å²) in [6.45, 7) is 8.54. The van der Waals surface area contributed by atoms with Crippen LogP contribution in [0.15, 0.2) is 36.4 Å². The van der Waals surface area contributed by atoms with Crippen molar-refractivity contribution >= 4 is 17.3 Å². The summed E-state index contributed by atoms with van der Waals surface area (Å²) in [6.07, 6.45) is 0. The normalized spacial score (nSPS) is 11.4. The maximum Gasteiger partial charge on any atom is 0.168 e. The summed E-state index contributed by atoms with van der Waals surface area (Å²) in [7, 11) is 0. The van der Waals surface area contributed by atoms with E-state index in [0.717, 1.165) is 11.3 Å². The van der Waals surface area contributed by atoms with E-state index in [1.54, 1.807) is 12.1 Å². The van der Waals surface area contributed by atoms with Crippen LogP contribution < -0.4 is 10.5 Å². The SMILES string of the molecule is Cc1ccc(Oc2c(N)cccc2Cl)c(C(C)(C)C)c1. The number of benzene rings is 2. The number of hydrogen-bond donors (Lipinski definition) is 1. The second-order valence-corrected chi connectivity index (χ2v) is 6.42. The lowest BCUT2D eigenvalue weighted by atomic mass is 9.85. The molecule has 106 valence electrons. The van der Waals surface area contributed by atoms with E-state index in [4.69, 9.17) is 22.1 Å². The molecule has 0 saturated carbocycles. The Bertz CT molecular complexity index is 609. The summed E-state index contributed by atoms with van der Waals surface area (Å²) < 4.78 is 6.00. The van der Waals surface area contributed by atoms with Crippen LogP contribution in [0.1, 0.15) is 31.9 Å². The Hall–Kier alpha value is -1.67. The van der Waals surface area contributed by atoms with Gasteiger partial charge >= 0.3 is 0 Å². The van der Waals surface area contributed by atoms with Gasteiger partial charge in [0, 0.05) is 5.56 Å². The van der Waals surface area contributed by atoms with Crippen LogP contribution in [0.5, 0.6) is 11.5 Å². The van der Waals surface area contributed by atoms with Crippen molar-refractivity contribution in [2.75, 3.05) is 5.73 Å². The number of nitrogens with two attached hydrogens (primary N) is 1. The fourth-order valence-corrected chi connectivity index (χ4v) is 2.28. The van der Waals surface area contributed by atoms with Crippen LogP contribution in [0.3, 0.4) is 0 Å². The quantitative estimate of drug-likeness (QED) is 0.759. The molecule has 0 saturated heterocycles. The second kappa shape index (κ2) is 5.37. The molecule has 0 atom stereocenters. The molecule has 0 spiro atoms. The Morgan fingerprint density at radius 2 is 1.80 bits per heavy atom. The minimum absolute atomic E-state index is 0.0165. The van der Waals surface area contributed by atoms with Gasteiger partial charge in [-0.05, 0) is 30.5 Å². The van der Waals surface area contributed by atoms with E-state index in [-0.39, 0.29) is 5.41 Å². The summed E-state index contributed by atoms with van der Waals surface area (Å²) in [6, 6.07) is 11.5. The maximum absolute atomic E-state index is 6.17. The zero-order valence-electron chi connectivity index (χ0n) is 12.3. The molecule has 20 heavy (non-hydrogen) atoms. The molecule has 3 heteroatoms. The summed E-state index contributed by atoms with van der Waals surface area (Å²) in [5.74, 6) is 1.31. The first kappa shape index (κ1) is 14.7. The second-order valence-electron chi connectivity index (χ2n) is 6.01. The van der Waals surface area contributed by atoms with Gasteiger partial charge in [0.1, 0.15) is 5.75 Å². The smallest absolute Gasteiger partial charge is 0.168 e. The van der Waals surface area contributed by atoms with Crippen LogP contribution in [0.25, 0.3) is 0 Å². The minimum Gasteiger partial charge on any atom is -0.453 e. The fraction of sp³-hybridized carbons (Fsp3) is 0.294. The van der Waals surface area contributed by atoms with Crippen molar-refractivity contribution < 1.29 is 4.74 Å². The molecule has 0 bridgehead atoms. The highest BCUT2D eigenvalue weighted by Crippen LogP contribution is 2.39. The van der Waals surface area contributed by atoms with E-state index in [1.807, 2.05) is 18.2 Å². The number of halogens is 1. The summed E-state index contributed by atoms with van der Waals surface area (Å²) >= 11 is 6.17. The van der Waals surface area contributed by atoms with Crippen LogP contribution in [0.4, 0.5) is 5.69 Å². The topological polar surface area (TPSA) is 35.2 Å². The van der Waals surface area contributed by atoms with Gasteiger partial charge in [0.15, 0.2) is 5.75 Å². The molecule has 0 unspecified atom stereocenters. The number of para-hydroxylation sites is 1. The molecule has 0 fully saturated rings. The van der Waals surface area contributed by atoms with E-state index in [2.05, 4.69) is 33.8 Å². The van der Waals surface area contributed by atoms with Crippen LogP contribution >= 0.6 is 11.6 Å². The van der Waals surface area contributed by atoms with E-state index >= 15 is 0 Å². The van der Waals surface area contributed by atoms with Crippen molar-refractivity contribution in [3.63, 3.8) is 0 Å². The fourth-order valence-electron chi connectivity index (χ4n) is 2.06. The first-order chi connectivity index (χ1) is 9.29. The zero-order valence-corrected chi connectivity index (χ0v) is 13.1. The third-order valence-electron chi connectivity index (χ3n) is 3.15. The monoisotopic (exact) mass is 289 g/mol. The average Bonchev–Trinajstić information content (AvgIpc) is 2.34. The first-order valence-corrected chi connectivity index (χ1v) is 7.00. The van der Waals surface area contributed by atoms with Crippen molar-refractivity contribution in [1.29, 1.82) is 0 Å². The van der Waals surface area contributed by atoms with Crippen LogP contribution in [-0.2, 0) is 5.41 Å². The van der Waals surface area contributed by atoms with Crippen molar-refractivity contribution in [3.05, 3.63) is 52.5 Å². The third-order valence-corrected chi connectivity index (χ3v) is 3.45. The van der Waals surface area contributed by atoms with Gasteiger partial charge in [-0.2, -0.15) is 0 Å². The van der Waals surface area contributed by atoms with Crippen LogP contribution in [-0.4, -0.2) is 0 Å². The lowest BCUT2D eigenvalue weighted by Crippen LogP contribution is -2.13. The van der Waals surface area contributed by atoms with Gasteiger partial charge in [0.05, 0.1) is 10.7 Å². The number of aryl methyl sites for hydroxylation is 1. The number of hydrogen-bond acceptors (Lipinski definition) is 2. The van der Waals surface area contributed by atoms with Gasteiger partial charge in [-0.25, -0.2) is 0 Å². The lowest BCUT2D eigenvalue weighted by Gasteiger charge is -2.24. The Balaban J connectivity index is 2.49. The molecule has 0 radical (unpaired) electrons. The molecular formula is C17H20ClNO. The van der Waals surface area contributed by atoms with Gasteiger partial charge in [-0.3, -0.25) is 0 Å². The third kappa shape index (κ3) is 3.07. The predicted molar refractivity (Wildman–Crippen MR) is 85.8 cm³/mol. The van der Waals surface area contributed by atoms with Gasteiger partial charge in [-0.15, -0.1) is 0 Å². The molecule has 2 aromatic carbocycles. The Morgan fingerprint density at radius 1 is 1.10 bits per heavy atom. The number of anilines is 1. The molecule has 0 amide bonds. The number of rotatable bonds is 2. The van der Waals surface area contributed by atoms with Gasteiger partial charge in [-0.1, -0.05) is 56.1 Å². The van der Waals surface area contributed by atoms with E-state index < -0.39 is 0 Å². The van der Waals surface area contributed by atoms with Crippen molar-refractivity contribution in [2.24, 2.45) is 0 Å². The lowest BCUT2D eigenvalue weighted by molar-refractivity contribution is 0.457. The van der Waals surface area contributed by atoms with E-state index in [9.17, 15) is 0 Å². The molecule has 0 aliphatic heterocycles. The van der Waals surface area contributed by atoms with Gasteiger partial charge in [0.2, 0.25) is 0 Å². The van der Waals surface area contributed by atoms with E-state index in [1.165, 1.54) is 5.56 Å². The summed E-state index contributed by atoms with van der Waals surface area (Å²) in [5, 5.41) is 0.519. The molecule has 0 heterocycles. The maximum atomic E-state index is 6.17. The number of nitrogen functional groups attached to an aromatic ring is 1. The summed E-state index contributed by atoms with van der Waals surface area (Å²) in [5.41, 5.74) is 8.81. The largest absolute Gasteiger partial charge is 0.453 e. The average molecular weight is 290 g/mol. The molecule has 2 rings (SSSR count). The van der Waals surface area contributed by atoms with Crippen molar-refractivity contribution in [3.8, 4) is 11.5 Å². The molecule has 2 N–H and O–H groups in total. The standard InChI is InChI=1S/C17H20ClNO/c1-11-8-9-15(12(10-11)17(2,3)4)20-16-13(18)6-5-7-14(16)19/h5-10H,19H2,1-4H3. The summed E-state index contributed by atoms with van der Waals surface area (Å²) in [4.78, 5) is 0. The van der Waals surface area contributed by atoms with Crippen LogP contribution in [0.2, 0.25) is 5.02 Å².